The molecule has 160 valence electrons. The van der Waals surface area contributed by atoms with Crippen molar-refractivity contribution in [2.45, 2.75) is 26.4 Å². The molecule has 5 nitrogen and oxygen atoms in total. The first-order valence-electron chi connectivity index (χ1n) is 9.96. The molecule has 3 aromatic rings. The molecule has 0 atom stereocenters. The van der Waals surface area contributed by atoms with E-state index < -0.39 is 0 Å². The third-order valence-electron chi connectivity index (χ3n) is 4.47. The van der Waals surface area contributed by atoms with Crippen LogP contribution in [0.1, 0.15) is 24.5 Å². The van der Waals surface area contributed by atoms with E-state index in [1.54, 1.807) is 49.4 Å². The van der Waals surface area contributed by atoms with Crippen LogP contribution in [0.15, 0.2) is 72.8 Å². The molecule has 31 heavy (non-hydrogen) atoms. The Morgan fingerprint density at radius 2 is 1.65 bits per heavy atom. The smallest absolute Gasteiger partial charge is 0.262 e. The van der Waals surface area contributed by atoms with Gasteiger partial charge in [-0.2, -0.15) is 0 Å². The van der Waals surface area contributed by atoms with E-state index in [4.69, 9.17) is 9.47 Å². The quantitative estimate of drug-likeness (QED) is 0.503. The van der Waals surface area contributed by atoms with Gasteiger partial charge in [0.1, 0.15) is 29.7 Å². The Bertz CT molecular complexity index is 1030. The topological polar surface area (TPSA) is 64.6 Å². The SMILES string of the molecule is CC(=O)CCc1ccc(OCC(=O)Nc2cccc(COc3cccc(F)c3)c2)cc1. The molecule has 0 bridgehead atoms. The fourth-order valence-electron chi connectivity index (χ4n) is 2.88. The third kappa shape index (κ3) is 7.59. The summed E-state index contributed by atoms with van der Waals surface area (Å²) in [5, 5.41) is 2.79. The van der Waals surface area contributed by atoms with Crippen LogP contribution < -0.4 is 14.8 Å². The Morgan fingerprint density at radius 1 is 0.871 bits per heavy atom. The number of carbonyl (C=O) groups is 2. The first-order chi connectivity index (χ1) is 15.0. The van der Waals surface area contributed by atoms with Gasteiger partial charge in [-0.3, -0.25) is 4.79 Å². The second-order valence-corrected chi connectivity index (χ2v) is 7.13. The lowest BCUT2D eigenvalue weighted by Crippen LogP contribution is -2.20. The summed E-state index contributed by atoms with van der Waals surface area (Å²) in [5.41, 5.74) is 2.50. The van der Waals surface area contributed by atoms with Gasteiger partial charge in [0.15, 0.2) is 6.61 Å². The minimum Gasteiger partial charge on any atom is -0.489 e. The number of benzene rings is 3. The van der Waals surface area contributed by atoms with Crippen molar-refractivity contribution in [1.82, 2.24) is 0 Å². The zero-order valence-corrected chi connectivity index (χ0v) is 17.3. The van der Waals surface area contributed by atoms with Crippen LogP contribution in [-0.4, -0.2) is 18.3 Å². The zero-order chi connectivity index (χ0) is 22.1. The van der Waals surface area contributed by atoms with E-state index in [0.29, 0.717) is 30.0 Å². The first kappa shape index (κ1) is 22.0. The average Bonchev–Trinajstić information content (AvgIpc) is 2.76. The number of hydrogen-bond acceptors (Lipinski definition) is 4. The predicted molar refractivity (Wildman–Crippen MR) is 117 cm³/mol. The van der Waals surface area contributed by atoms with Crippen LogP contribution in [0.3, 0.4) is 0 Å². The number of hydrogen-bond donors (Lipinski definition) is 1. The number of ketones is 1. The van der Waals surface area contributed by atoms with Crippen LogP contribution in [0.5, 0.6) is 11.5 Å². The molecule has 0 heterocycles. The lowest BCUT2D eigenvalue weighted by Gasteiger charge is -2.10. The molecule has 0 radical (unpaired) electrons. The van der Waals surface area contributed by atoms with Gasteiger partial charge in [-0.05, 0) is 60.9 Å². The van der Waals surface area contributed by atoms with Gasteiger partial charge in [-0.25, -0.2) is 4.39 Å². The van der Waals surface area contributed by atoms with Crippen molar-refractivity contribution < 1.29 is 23.5 Å². The fourth-order valence-corrected chi connectivity index (χ4v) is 2.88. The van der Waals surface area contributed by atoms with Crippen LogP contribution in [0.25, 0.3) is 0 Å². The molecule has 0 aliphatic rings. The molecule has 0 saturated carbocycles. The lowest BCUT2D eigenvalue weighted by atomic mass is 10.1. The van der Waals surface area contributed by atoms with Crippen molar-refractivity contribution in [3.63, 3.8) is 0 Å². The number of Topliss-reactive ketones (excluding diaryl/α,β-unsaturated/α-hetero) is 1. The molecular weight excluding hydrogens is 397 g/mol. The summed E-state index contributed by atoms with van der Waals surface area (Å²) >= 11 is 0. The second kappa shape index (κ2) is 10.9. The van der Waals surface area contributed by atoms with Crippen molar-refractivity contribution in [1.29, 1.82) is 0 Å². The predicted octanol–water partition coefficient (Wildman–Crippen LogP) is 4.94. The van der Waals surface area contributed by atoms with E-state index >= 15 is 0 Å². The monoisotopic (exact) mass is 421 g/mol. The van der Waals surface area contributed by atoms with E-state index in [2.05, 4.69) is 5.32 Å². The summed E-state index contributed by atoms with van der Waals surface area (Å²) < 4.78 is 24.3. The van der Waals surface area contributed by atoms with Gasteiger partial charge in [0.05, 0.1) is 0 Å². The Kier molecular flexibility index (Phi) is 7.76. The standard InChI is InChI=1S/C25H24FNO4/c1-18(28)8-9-19-10-12-23(13-11-19)31-17-25(29)27-22-6-2-4-20(14-22)16-30-24-7-3-5-21(26)15-24/h2-7,10-15H,8-9,16-17H2,1H3,(H,27,29). The van der Waals surface area contributed by atoms with Gasteiger partial charge in [0.25, 0.3) is 5.91 Å². The molecule has 0 fully saturated rings. The van der Waals surface area contributed by atoms with E-state index in [1.807, 2.05) is 18.2 Å². The highest BCUT2D eigenvalue weighted by molar-refractivity contribution is 5.91. The number of nitrogens with one attached hydrogen (secondary N) is 1. The van der Waals surface area contributed by atoms with E-state index in [9.17, 15) is 14.0 Å². The maximum absolute atomic E-state index is 13.2. The summed E-state index contributed by atoms with van der Waals surface area (Å²) in [5.74, 6) is 0.531. The number of aryl methyl sites for hydroxylation is 1. The average molecular weight is 421 g/mol. The van der Waals surface area contributed by atoms with Crippen LogP contribution in [-0.2, 0) is 22.6 Å². The fraction of sp³-hybridized carbons (Fsp3) is 0.200. The van der Waals surface area contributed by atoms with Gasteiger partial charge in [-0.1, -0.05) is 30.3 Å². The maximum atomic E-state index is 13.2. The number of anilines is 1. The molecular formula is C25H24FNO4. The molecule has 0 saturated heterocycles. The van der Waals surface area contributed by atoms with Crippen LogP contribution in [0.4, 0.5) is 10.1 Å². The van der Waals surface area contributed by atoms with E-state index in [0.717, 1.165) is 11.1 Å². The molecule has 3 aromatic carbocycles. The Morgan fingerprint density at radius 3 is 2.39 bits per heavy atom. The minimum absolute atomic E-state index is 0.128. The van der Waals surface area contributed by atoms with E-state index in [-0.39, 0.29) is 30.7 Å². The molecule has 0 spiro atoms. The molecule has 0 unspecified atom stereocenters. The zero-order valence-electron chi connectivity index (χ0n) is 17.3. The summed E-state index contributed by atoms with van der Waals surface area (Å²) in [4.78, 5) is 23.3. The Labute approximate surface area is 180 Å². The van der Waals surface area contributed by atoms with Crippen molar-refractivity contribution in [2.75, 3.05) is 11.9 Å². The minimum atomic E-state index is -0.357. The van der Waals surface area contributed by atoms with Gasteiger partial charge in [0.2, 0.25) is 0 Å². The molecule has 6 heteroatoms. The van der Waals surface area contributed by atoms with E-state index in [1.165, 1.54) is 12.1 Å². The van der Waals surface area contributed by atoms with Crippen molar-refractivity contribution >= 4 is 17.4 Å². The highest BCUT2D eigenvalue weighted by Crippen LogP contribution is 2.17. The third-order valence-corrected chi connectivity index (χ3v) is 4.47. The molecule has 0 aliphatic heterocycles. The van der Waals surface area contributed by atoms with Crippen molar-refractivity contribution in [3.8, 4) is 11.5 Å². The molecule has 0 aromatic heterocycles. The van der Waals surface area contributed by atoms with Crippen LogP contribution in [0.2, 0.25) is 0 Å². The molecule has 1 amide bonds. The Balaban J connectivity index is 1.47. The largest absolute Gasteiger partial charge is 0.489 e. The summed E-state index contributed by atoms with van der Waals surface area (Å²) in [6.45, 7) is 1.69. The van der Waals surface area contributed by atoms with Crippen molar-refractivity contribution in [2.24, 2.45) is 0 Å². The summed E-state index contributed by atoms with van der Waals surface area (Å²) in [6.07, 6.45) is 1.20. The van der Waals surface area contributed by atoms with Gasteiger partial charge >= 0.3 is 0 Å². The highest BCUT2D eigenvalue weighted by atomic mass is 19.1. The number of amides is 1. The Hall–Kier alpha value is -3.67. The number of halogens is 1. The van der Waals surface area contributed by atoms with Gasteiger partial charge < -0.3 is 19.6 Å². The summed E-state index contributed by atoms with van der Waals surface area (Å²) in [7, 11) is 0. The van der Waals surface area contributed by atoms with Gasteiger partial charge in [0, 0.05) is 18.2 Å². The van der Waals surface area contributed by atoms with Crippen molar-refractivity contribution in [3.05, 3.63) is 89.7 Å². The van der Waals surface area contributed by atoms with Crippen LogP contribution >= 0.6 is 0 Å². The molecule has 1 N–H and O–H groups in total. The first-order valence-corrected chi connectivity index (χ1v) is 9.96. The molecule has 3 rings (SSSR count). The lowest BCUT2D eigenvalue weighted by molar-refractivity contribution is -0.118. The highest BCUT2D eigenvalue weighted by Gasteiger charge is 2.06. The normalized spacial score (nSPS) is 10.4. The summed E-state index contributed by atoms with van der Waals surface area (Å²) in [6, 6.07) is 20.5. The second-order valence-electron chi connectivity index (χ2n) is 7.13. The van der Waals surface area contributed by atoms with Crippen LogP contribution in [0, 0.1) is 5.82 Å². The number of carbonyl (C=O) groups excluding carboxylic acids is 2. The maximum Gasteiger partial charge on any atom is 0.262 e. The van der Waals surface area contributed by atoms with Gasteiger partial charge in [-0.15, -0.1) is 0 Å². The molecule has 0 aliphatic carbocycles. The number of ether oxygens (including phenoxy) is 2. The number of rotatable bonds is 10.